The summed E-state index contributed by atoms with van der Waals surface area (Å²) in [6.45, 7) is 7.42. The Morgan fingerprint density at radius 2 is 2.19 bits per heavy atom. The fraction of sp³-hybridized carbons (Fsp3) is 0.526. The smallest absolute Gasteiger partial charge is 0.410 e. The molecule has 2 atom stereocenters. The molecule has 0 saturated carbocycles. The number of likely N-dealkylation sites (tertiary alicyclic amines) is 1. The molecule has 8 heteroatoms. The van der Waals surface area contributed by atoms with Gasteiger partial charge in [0.1, 0.15) is 17.4 Å². The van der Waals surface area contributed by atoms with Gasteiger partial charge >= 0.3 is 6.09 Å². The zero-order chi connectivity index (χ0) is 19.8. The van der Waals surface area contributed by atoms with Crippen LogP contribution in [0.2, 0.25) is 5.28 Å². The number of nitrogens with zero attached hydrogens (tertiary/aromatic N) is 4. The molecule has 1 saturated heterocycles. The van der Waals surface area contributed by atoms with Crippen molar-refractivity contribution in [3.8, 4) is 11.8 Å². The van der Waals surface area contributed by atoms with Crippen molar-refractivity contribution in [2.24, 2.45) is 0 Å². The molecule has 0 unspecified atom stereocenters. The van der Waals surface area contributed by atoms with Crippen LogP contribution < -0.4 is 0 Å². The quantitative estimate of drug-likeness (QED) is 0.544. The van der Waals surface area contributed by atoms with E-state index in [0.29, 0.717) is 24.3 Å². The van der Waals surface area contributed by atoms with E-state index in [1.807, 2.05) is 6.07 Å². The van der Waals surface area contributed by atoms with Gasteiger partial charge in [-0.25, -0.2) is 14.2 Å². The molecule has 1 aliphatic heterocycles. The molecule has 0 N–H and O–H groups in total. The van der Waals surface area contributed by atoms with E-state index in [1.165, 1.54) is 4.90 Å². The van der Waals surface area contributed by atoms with Gasteiger partial charge in [0.15, 0.2) is 0 Å². The molecule has 144 valence electrons. The van der Waals surface area contributed by atoms with Crippen LogP contribution in [-0.2, 0) is 4.74 Å². The normalized spacial score (nSPS) is 20.3. The van der Waals surface area contributed by atoms with E-state index >= 15 is 4.39 Å². The number of rotatable bonds is 1. The van der Waals surface area contributed by atoms with Crippen LogP contribution in [0.4, 0.5) is 9.18 Å². The van der Waals surface area contributed by atoms with E-state index in [9.17, 15) is 4.79 Å². The van der Waals surface area contributed by atoms with Crippen molar-refractivity contribution in [2.45, 2.75) is 51.9 Å². The molecule has 0 radical (unpaired) electrons. The summed E-state index contributed by atoms with van der Waals surface area (Å²) in [6.07, 6.45) is 0.239. The van der Waals surface area contributed by atoms with Gasteiger partial charge in [-0.3, -0.25) is 0 Å². The Morgan fingerprint density at radius 1 is 1.44 bits per heavy atom. The zero-order valence-electron chi connectivity index (χ0n) is 15.8. The van der Waals surface area contributed by atoms with Gasteiger partial charge in [0, 0.05) is 18.1 Å². The second-order valence-corrected chi connectivity index (χ2v) is 7.83. The minimum atomic E-state index is -1.28. The highest BCUT2D eigenvalue weighted by molar-refractivity contribution is 6.28. The maximum Gasteiger partial charge on any atom is 0.410 e. The molecule has 1 fully saturated rings. The number of halogens is 2. The molecular formula is C19H22ClFN4O2. The number of carbonyl (C=O) groups is 1. The van der Waals surface area contributed by atoms with Crippen LogP contribution in [0.3, 0.4) is 0 Å². The Morgan fingerprint density at radius 3 is 2.81 bits per heavy atom. The first-order valence-corrected chi connectivity index (χ1v) is 9.15. The van der Waals surface area contributed by atoms with Gasteiger partial charge < -0.3 is 14.2 Å². The first-order valence-electron chi connectivity index (χ1n) is 8.78. The maximum absolute atomic E-state index is 15.1. The summed E-state index contributed by atoms with van der Waals surface area (Å²) in [5, 5.41) is 0.846. The lowest BCUT2D eigenvalue weighted by Gasteiger charge is -2.36. The number of fused-ring (bicyclic) bond motifs is 1. The third-order valence-electron chi connectivity index (χ3n) is 4.29. The van der Waals surface area contributed by atoms with Crippen LogP contribution >= 0.6 is 11.6 Å². The van der Waals surface area contributed by atoms with E-state index < -0.39 is 23.9 Å². The first kappa shape index (κ1) is 19.4. The van der Waals surface area contributed by atoms with Gasteiger partial charge in [-0.1, -0.05) is 5.92 Å². The van der Waals surface area contributed by atoms with Gasteiger partial charge in [-0.2, -0.15) is 4.98 Å². The lowest BCUT2D eigenvalue weighted by atomic mass is 10.0. The van der Waals surface area contributed by atoms with Gasteiger partial charge in [0.2, 0.25) is 5.28 Å². The van der Waals surface area contributed by atoms with Crippen molar-refractivity contribution in [1.82, 2.24) is 19.4 Å². The minimum Gasteiger partial charge on any atom is -0.444 e. The molecule has 3 heterocycles. The summed E-state index contributed by atoms with van der Waals surface area (Å²) >= 11 is 5.94. The molecule has 2 aromatic heterocycles. The lowest BCUT2D eigenvalue weighted by molar-refractivity contribution is 0.00701. The Labute approximate surface area is 162 Å². The third-order valence-corrected chi connectivity index (χ3v) is 4.47. The minimum absolute atomic E-state index is 0.0446. The van der Waals surface area contributed by atoms with Crippen LogP contribution in [0.15, 0.2) is 12.3 Å². The highest BCUT2D eigenvalue weighted by atomic mass is 35.5. The Hall–Kier alpha value is -2.33. The van der Waals surface area contributed by atoms with Gasteiger partial charge in [-0.15, -0.1) is 0 Å². The number of aromatic nitrogens is 3. The SMILES string of the molecule is CC#Cc1cc2cnc(Cl)nc2n1[C@@H]1CCN(C(=O)OC(C)(C)C)C[C@@H]1F. The summed E-state index contributed by atoms with van der Waals surface area (Å²) in [5.74, 6) is 5.85. The van der Waals surface area contributed by atoms with Crippen molar-refractivity contribution in [2.75, 3.05) is 13.1 Å². The topological polar surface area (TPSA) is 60.2 Å². The van der Waals surface area contributed by atoms with E-state index in [1.54, 1.807) is 38.5 Å². The highest BCUT2D eigenvalue weighted by Gasteiger charge is 2.36. The molecule has 27 heavy (non-hydrogen) atoms. The average molecular weight is 393 g/mol. The Balaban J connectivity index is 1.90. The standard InChI is InChI=1S/C19H22ClFN4O2/c1-5-6-13-9-12-10-22-17(20)23-16(12)25(13)15-7-8-24(11-14(15)21)18(26)27-19(2,3)4/h9-10,14-15H,7-8,11H2,1-4H3/t14-,15+/m0/s1. The molecule has 2 aromatic rings. The van der Waals surface area contributed by atoms with Gasteiger partial charge in [0.05, 0.1) is 18.3 Å². The Kier molecular flexibility index (Phi) is 5.29. The summed E-state index contributed by atoms with van der Waals surface area (Å²) in [4.78, 5) is 21.9. The monoisotopic (exact) mass is 392 g/mol. The molecule has 1 aliphatic rings. The third kappa shape index (κ3) is 4.16. The average Bonchev–Trinajstić information content (AvgIpc) is 2.91. The molecule has 3 rings (SSSR count). The largest absolute Gasteiger partial charge is 0.444 e. The summed E-state index contributed by atoms with van der Waals surface area (Å²) in [6, 6.07) is 1.33. The van der Waals surface area contributed by atoms with Gasteiger partial charge in [0.25, 0.3) is 0 Å². The molecule has 0 aromatic carbocycles. The summed E-state index contributed by atoms with van der Waals surface area (Å²) < 4.78 is 22.2. The first-order chi connectivity index (χ1) is 12.7. The van der Waals surface area contributed by atoms with Crippen molar-refractivity contribution in [1.29, 1.82) is 0 Å². The second-order valence-electron chi connectivity index (χ2n) is 7.49. The lowest BCUT2D eigenvalue weighted by Crippen LogP contribution is -2.47. The molecule has 0 bridgehead atoms. The van der Waals surface area contributed by atoms with E-state index in [4.69, 9.17) is 16.3 Å². The van der Waals surface area contributed by atoms with Crippen LogP contribution in [-0.4, -0.2) is 50.4 Å². The van der Waals surface area contributed by atoms with Crippen molar-refractivity contribution in [3.05, 3.63) is 23.2 Å². The van der Waals surface area contributed by atoms with Crippen LogP contribution in [0.25, 0.3) is 11.0 Å². The molecule has 6 nitrogen and oxygen atoms in total. The summed E-state index contributed by atoms with van der Waals surface area (Å²) in [5.41, 5.74) is 0.585. The maximum atomic E-state index is 15.1. The molecule has 0 spiro atoms. The second kappa shape index (κ2) is 7.35. The van der Waals surface area contributed by atoms with Crippen molar-refractivity contribution < 1.29 is 13.9 Å². The fourth-order valence-electron chi connectivity index (χ4n) is 3.22. The number of hydrogen-bond donors (Lipinski definition) is 0. The number of piperidine rings is 1. The van der Waals surface area contributed by atoms with E-state index in [0.717, 1.165) is 5.39 Å². The van der Waals surface area contributed by atoms with Crippen LogP contribution in [0, 0.1) is 11.8 Å². The van der Waals surface area contributed by atoms with E-state index in [2.05, 4.69) is 21.8 Å². The van der Waals surface area contributed by atoms with Crippen LogP contribution in [0.1, 0.15) is 45.9 Å². The summed E-state index contributed by atoms with van der Waals surface area (Å²) in [7, 11) is 0. The molecule has 0 aliphatic carbocycles. The predicted octanol–water partition coefficient (Wildman–Crippen LogP) is 3.98. The number of carbonyl (C=O) groups excluding carboxylic acids is 1. The van der Waals surface area contributed by atoms with Crippen LogP contribution in [0.5, 0.6) is 0 Å². The Bertz CT molecular complexity index is 925. The predicted molar refractivity (Wildman–Crippen MR) is 101 cm³/mol. The number of amides is 1. The highest BCUT2D eigenvalue weighted by Crippen LogP contribution is 2.32. The van der Waals surface area contributed by atoms with Gasteiger partial charge in [-0.05, 0) is 57.7 Å². The zero-order valence-corrected chi connectivity index (χ0v) is 16.5. The number of ether oxygens (including phenoxy) is 1. The number of alkyl halides is 1. The number of hydrogen-bond acceptors (Lipinski definition) is 4. The van der Waals surface area contributed by atoms with Crippen molar-refractivity contribution >= 4 is 28.7 Å². The van der Waals surface area contributed by atoms with E-state index in [-0.39, 0.29) is 11.8 Å². The fourth-order valence-corrected chi connectivity index (χ4v) is 3.35. The molecule has 1 amide bonds. The van der Waals surface area contributed by atoms with Crippen molar-refractivity contribution in [3.63, 3.8) is 0 Å². The molecular weight excluding hydrogens is 371 g/mol.